The van der Waals surface area contributed by atoms with E-state index in [4.69, 9.17) is 9.47 Å². The van der Waals surface area contributed by atoms with Gasteiger partial charge >= 0.3 is 0 Å². The maximum atomic E-state index is 5.79. The van der Waals surface area contributed by atoms with Crippen molar-refractivity contribution in [2.45, 2.75) is 50.7 Å². The Morgan fingerprint density at radius 2 is 1.70 bits per heavy atom. The zero-order valence-electron chi connectivity index (χ0n) is 12.0. The van der Waals surface area contributed by atoms with E-state index in [9.17, 15) is 0 Å². The number of hydrogen-bond acceptors (Lipinski definition) is 2. The lowest BCUT2D eigenvalue weighted by Crippen LogP contribution is -2.31. The maximum Gasteiger partial charge on any atom is 0.172 e. The van der Waals surface area contributed by atoms with Crippen molar-refractivity contribution in [2.24, 2.45) is 0 Å². The number of aryl methyl sites for hydroxylation is 2. The summed E-state index contributed by atoms with van der Waals surface area (Å²) in [6, 6.07) is 7.08. The Bertz CT molecular complexity index is 538. The monoisotopic (exact) mass is 270 g/mol. The summed E-state index contributed by atoms with van der Waals surface area (Å²) in [5, 5.41) is 0. The van der Waals surface area contributed by atoms with Crippen molar-refractivity contribution in [1.82, 2.24) is 0 Å². The maximum absolute atomic E-state index is 5.79. The van der Waals surface area contributed by atoms with Crippen LogP contribution in [-0.2, 0) is 22.3 Å². The molecule has 1 heterocycles. The average Bonchev–Trinajstić information content (AvgIpc) is 2.96. The molecule has 4 rings (SSSR count). The molecule has 1 saturated heterocycles. The van der Waals surface area contributed by atoms with Crippen LogP contribution in [0.3, 0.4) is 0 Å². The van der Waals surface area contributed by atoms with E-state index >= 15 is 0 Å². The molecule has 2 heteroatoms. The van der Waals surface area contributed by atoms with Gasteiger partial charge in [0, 0.05) is 12.8 Å². The summed E-state index contributed by atoms with van der Waals surface area (Å²) >= 11 is 0. The highest BCUT2D eigenvalue weighted by Crippen LogP contribution is 2.38. The predicted octanol–water partition coefficient (Wildman–Crippen LogP) is 3.88. The van der Waals surface area contributed by atoms with Crippen LogP contribution in [0, 0.1) is 0 Å². The Kier molecular flexibility index (Phi) is 3.16. The summed E-state index contributed by atoms with van der Waals surface area (Å²) in [5.74, 6) is -0.294. The molecule has 0 saturated carbocycles. The van der Waals surface area contributed by atoms with Crippen LogP contribution < -0.4 is 0 Å². The molecule has 2 nitrogen and oxygen atoms in total. The normalized spacial score (nSPS) is 24.5. The van der Waals surface area contributed by atoms with Crippen LogP contribution in [0.25, 0.3) is 5.57 Å². The molecule has 1 aromatic carbocycles. The minimum atomic E-state index is -0.294. The third-order valence-corrected chi connectivity index (χ3v) is 4.97. The molecular formula is C18H22O2. The van der Waals surface area contributed by atoms with Crippen molar-refractivity contribution < 1.29 is 9.47 Å². The number of rotatable bonds is 1. The minimum Gasteiger partial charge on any atom is -0.347 e. The average molecular weight is 270 g/mol. The highest BCUT2D eigenvalue weighted by atomic mass is 16.7. The van der Waals surface area contributed by atoms with E-state index in [1.165, 1.54) is 36.8 Å². The first-order valence-corrected chi connectivity index (χ1v) is 7.94. The highest BCUT2D eigenvalue weighted by Gasteiger charge is 2.37. The predicted molar refractivity (Wildman–Crippen MR) is 79.5 cm³/mol. The summed E-state index contributed by atoms with van der Waals surface area (Å²) in [7, 11) is 0. The van der Waals surface area contributed by atoms with Crippen LogP contribution >= 0.6 is 0 Å². The Hall–Kier alpha value is -1.12. The lowest BCUT2D eigenvalue weighted by atomic mass is 9.85. The second-order valence-electron chi connectivity index (χ2n) is 6.23. The smallest absolute Gasteiger partial charge is 0.172 e. The van der Waals surface area contributed by atoms with Crippen molar-refractivity contribution in [3.8, 4) is 0 Å². The fourth-order valence-corrected chi connectivity index (χ4v) is 3.76. The van der Waals surface area contributed by atoms with Crippen LogP contribution in [0.1, 0.15) is 48.8 Å². The third-order valence-electron chi connectivity index (χ3n) is 4.97. The SMILES string of the molecule is C1=C(c2ccc3c(c2)CCCC3)CCC2(C1)OCCO2. The molecule has 2 aliphatic carbocycles. The molecule has 0 N–H and O–H groups in total. The molecule has 1 spiro atoms. The zero-order chi connectivity index (χ0) is 13.4. The molecule has 0 amide bonds. The van der Waals surface area contributed by atoms with E-state index in [0.29, 0.717) is 0 Å². The molecule has 1 fully saturated rings. The molecule has 0 aromatic heterocycles. The number of allylic oxidation sites excluding steroid dienone is 1. The van der Waals surface area contributed by atoms with Gasteiger partial charge in [-0.15, -0.1) is 0 Å². The fourth-order valence-electron chi connectivity index (χ4n) is 3.76. The second-order valence-corrected chi connectivity index (χ2v) is 6.23. The summed E-state index contributed by atoms with van der Waals surface area (Å²) in [5.41, 5.74) is 6.03. The molecule has 0 atom stereocenters. The third kappa shape index (κ3) is 2.21. The fraction of sp³-hybridized carbons (Fsp3) is 0.556. The topological polar surface area (TPSA) is 18.5 Å². The Morgan fingerprint density at radius 1 is 0.900 bits per heavy atom. The van der Waals surface area contributed by atoms with Gasteiger partial charge in [-0.1, -0.05) is 24.3 Å². The van der Waals surface area contributed by atoms with Gasteiger partial charge in [0.1, 0.15) is 0 Å². The molecule has 0 radical (unpaired) electrons. The Labute approximate surface area is 120 Å². The van der Waals surface area contributed by atoms with Gasteiger partial charge in [-0.3, -0.25) is 0 Å². The Morgan fingerprint density at radius 3 is 2.45 bits per heavy atom. The van der Waals surface area contributed by atoms with Crippen molar-refractivity contribution in [3.05, 3.63) is 41.0 Å². The van der Waals surface area contributed by atoms with E-state index in [2.05, 4.69) is 24.3 Å². The molecule has 0 bridgehead atoms. The van der Waals surface area contributed by atoms with Gasteiger partial charge in [-0.05, 0) is 54.4 Å². The van der Waals surface area contributed by atoms with E-state index < -0.39 is 0 Å². The summed E-state index contributed by atoms with van der Waals surface area (Å²) in [4.78, 5) is 0. The molecule has 1 aromatic rings. The molecule has 20 heavy (non-hydrogen) atoms. The van der Waals surface area contributed by atoms with Crippen molar-refractivity contribution in [1.29, 1.82) is 0 Å². The Balaban J connectivity index is 1.57. The number of hydrogen-bond donors (Lipinski definition) is 0. The van der Waals surface area contributed by atoms with Gasteiger partial charge in [0.2, 0.25) is 0 Å². The van der Waals surface area contributed by atoms with Crippen LogP contribution in [-0.4, -0.2) is 19.0 Å². The standard InChI is InChI=1S/C18H22O2/c1-2-4-16-13-17(6-5-14(16)3-1)15-7-9-18(10-8-15)19-11-12-20-18/h5-7,13H,1-4,8-12H2. The van der Waals surface area contributed by atoms with Crippen molar-refractivity contribution >= 4 is 5.57 Å². The van der Waals surface area contributed by atoms with Crippen LogP contribution in [0.5, 0.6) is 0 Å². The van der Waals surface area contributed by atoms with Crippen LogP contribution in [0.4, 0.5) is 0 Å². The second kappa shape index (κ2) is 5.01. The quantitative estimate of drug-likeness (QED) is 0.771. The van der Waals surface area contributed by atoms with Gasteiger partial charge in [0.05, 0.1) is 13.2 Å². The van der Waals surface area contributed by atoms with E-state index in [1.54, 1.807) is 11.1 Å². The first kappa shape index (κ1) is 12.6. The first-order valence-electron chi connectivity index (χ1n) is 7.94. The molecule has 3 aliphatic rings. The van der Waals surface area contributed by atoms with E-state index in [1.807, 2.05) is 0 Å². The number of benzene rings is 1. The summed E-state index contributed by atoms with van der Waals surface area (Å²) in [6.07, 6.45) is 10.5. The lowest BCUT2D eigenvalue weighted by Gasteiger charge is -2.31. The van der Waals surface area contributed by atoms with Gasteiger partial charge in [-0.2, -0.15) is 0 Å². The lowest BCUT2D eigenvalue weighted by molar-refractivity contribution is -0.159. The molecule has 1 aliphatic heterocycles. The van der Waals surface area contributed by atoms with Crippen LogP contribution in [0.15, 0.2) is 24.3 Å². The molecular weight excluding hydrogens is 248 g/mol. The largest absolute Gasteiger partial charge is 0.347 e. The highest BCUT2D eigenvalue weighted by molar-refractivity contribution is 5.67. The first-order chi connectivity index (χ1) is 9.85. The van der Waals surface area contributed by atoms with Gasteiger partial charge in [0.15, 0.2) is 5.79 Å². The van der Waals surface area contributed by atoms with E-state index in [0.717, 1.165) is 32.5 Å². The molecule has 106 valence electrons. The van der Waals surface area contributed by atoms with Gasteiger partial charge in [0.25, 0.3) is 0 Å². The zero-order valence-corrected chi connectivity index (χ0v) is 12.0. The summed E-state index contributed by atoms with van der Waals surface area (Å²) in [6.45, 7) is 1.50. The minimum absolute atomic E-state index is 0.294. The van der Waals surface area contributed by atoms with E-state index in [-0.39, 0.29) is 5.79 Å². The van der Waals surface area contributed by atoms with Crippen molar-refractivity contribution in [3.63, 3.8) is 0 Å². The van der Waals surface area contributed by atoms with Gasteiger partial charge in [-0.25, -0.2) is 0 Å². The molecule has 0 unspecified atom stereocenters. The summed E-state index contributed by atoms with van der Waals surface area (Å²) < 4.78 is 11.6. The number of ether oxygens (including phenoxy) is 2. The van der Waals surface area contributed by atoms with Crippen LogP contribution in [0.2, 0.25) is 0 Å². The van der Waals surface area contributed by atoms with Crippen molar-refractivity contribution in [2.75, 3.05) is 13.2 Å². The van der Waals surface area contributed by atoms with Gasteiger partial charge < -0.3 is 9.47 Å². The number of fused-ring (bicyclic) bond motifs is 1.